The van der Waals surface area contributed by atoms with Gasteiger partial charge in [0.2, 0.25) is 0 Å². The summed E-state index contributed by atoms with van der Waals surface area (Å²) in [6, 6.07) is 2.48. The molecule has 0 bridgehead atoms. The standard InChI is InChI=1S/C22H50O4Si3/c1-8-9-20-27(2,3)25-29(6,7)26-28(4,5)21-18-16-14-12-10-11-13-15-17-19-22(23)24/h8-21H2,1-7H3,(H,23,24). The van der Waals surface area contributed by atoms with Crippen molar-refractivity contribution in [3.63, 3.8) is 0 Å². The fourth-order valence-electron chi connectivity index (χ4n) is 4.12. The summed E-state index contributed by atoms with van der Waals surface area (Å²) in [5, 5.41) is 8.63. The van der Waals surface area contributed by atoms with Crippen molar-refractivity contribution >= 4 is 31.2 Å². The van der Waals surface area contributed by atoms with Crippen LogP contribution in [0.5, 0.6) is 0 Å². The van der Waals surface area contributed by atoms with E-state index in [0.717, 1.165) is 12.8 Å². The quantitative estimate of drug-likeness (QED) is 0.156. The van der Waals surface area contributed by atoms with Gasteiger partial charge in [0.25, 0.3) is 0 Å². The molecular formula is C22H50O4Si3. The molecule has 0 heterocycles. The number of carbonyl (C=O) groups is 1. The van der Waals surface area contributed by atoms with Crippen LogP contribution in [0.1, 0.15) is 84.0 Å². The van der Waals surface area contributed by atoms with Crippen LogP contribution in [-0.2, 0) is 13.0 Å². The van der Waals surface area contributed by atoms with Crippen LogP contribution in [0.25, 0.3) is 0 Å². The Morgan fingerprint density at radius 1 is 0.655 bits per heavy atom. The van der Waals surface area contributed by atoms with E-state index in [1.54, 1.807) is 0 Å². The SMILES string of the molecule is CCCC[Si](C)(C)O[Si](C)(C)O[Si](C)(C)CCCCCCCCCCCC(=O)O. The van der Waals surface area contributed by atoms with E-state index in [0.29, 0.717) is 6.42 Å². The van der Waals surface area contributed by atoms with E-state index < -0.39 is 31.2 Å². The first-order chi connectivity index (χ1) is 13.4. The van der Waals surface area contributed by atoms with Crippen molar-refractivity contribution < 1.29 is 18.1 Å². The molecule has 7 heteroatoms. The predicted octanol–water partition coefficient (Wildman–Crippen LogP) is 7.92. The molecule has 0 fully saturated rings. The van der Waals surface area contributed by atoms with Crippen molar-refractivity contribution in [3.8, 4) is 0 Å². The van der Waals surface area contributed by atoms with Crippen LogP contribution >= 0.6 is 0 Å². The Bertz CT molecular complexity index is 440. The summed E-state index contributed by atoms with van der Waals surface area (Å²) >= 11 is 0. The highest BCUT2D eigenvalue weighted by Crippen LogP contribution is 2.27. The fraction of sp³-hybridized carbons (Fsp3) is 0.955. The summed E-state index contributed by atoms with van der Waals surface area (Å²) in [4.78, 5) is 10.5. The average Bonchev–Trinajstić information content (AvgIpc) is 2.55. The third-order valence-corrected chi connectivity index (χ3v) is 16.8. The smallest absolute Gasteiger partial charge is 0.311 e. The Morgan fingerprint density at radius 3 is 1.45 bits per heavy atom. The van der Waals surface area contributed by atoms with Gasteiger partial charge in [-0.15, -0.1) is 0 Å². The molecule has 0 aliphatic rings. The third-order valence-electron chi connectivity index (χ3n) is 5.35. The normalized spacial score (nSPS) is 13.1. The van der Waals surface area contributed by atoms with E-state index in [1.807, 2.05) is 0 Å². The van der Waals surface area contributed by atoms with Gasteiger partial charge in [0.1, 0.15) is 0 Å². The topological polar surface area (TPSA) is 55.8 Å². The number of hydrogen-bond acceptors (Lipinski definition) is 3. The minimum Gasteiger partial charge on any atom is -0.481 e. The lowest BCUT2D eigenvalue weighted by atomic mass is 10.1. The Morgan fingerprint density at radius 2 is 1.03 bits per heavy atom. The molecule has 0 spiro atoms. The molecule has 0 saturated heterocycles. The van der Waals surface area contributed by atoms with Crippen LogP contribution in [0.2, 0.25) is 51.4 Å². The summed E-state index contributed by atoms with van der Waals surface area (Å²) in [7, 11) is -5.30. The Kier molecular flexibility index (Phi) is 15.0. The van der Waals surface area contributed by atoms with Gasteiger partial charge in [0, 0.05) is 6.42 Å². The molecule has 0 saturated carbocycles. The van der Waals surface area contributed by atoms with Crippen LogP contribution in [0, 0.1) is 0 Å². The minimum atomic E-state index is -2.04. The molecule has 174 valence electrons. The van der Waals surface area contributed by atoms with Crippen molar-refractivity contribution in [1.29, 1.82) is 0 Å². The lowest BCUT2D eigenvalue weighted by Crippen LogP contribution is -2.52. The van der Waals surface area contributed by atoms with E-state index >= 15 is 0 Å². The molecule has 4 nitrogen and oxygen atoms in total. The second kappa shape index (κ2) is 14.9. The maximum Gasteiger partial charge on any atom is 0.311 e. The van der Waals surface area contributed by atoms with Gasteiger partial charge in [-0.3, -0.25) is 4.79 Å². The molecule has 0 radical (unpaired) electrons. The highest BCUT2D eigenvalue weighted by atomic mass is 28.5. The van der Waals surface area contributed by atoms with Gasteiger partial charge in [-0.05, 0) is 57.8 Å². The number of aliphatic carboxylic acids is 1. The van der Waals surface area contributed by atoms with Crippen molar-refractivity contribution in [3.05, 3.63) is 0 Å². The molecular weight excluding hydrogens is 412 g/mol. The Labute approximate surface area is 184 Å². The molecule has 1 N–H and O–H groups in total. The van der Waals surface area contributed by atoms with Gasteiger partial charge in [0.15, 0.2) is 16.6 Å². The van der Waals surface area contributed by atoms with Crippen molar-refractivity contribution in [2.75, 3.05) is 0 Å². The summed E-state index contributed by atoms with van der Waals surface area (Å²) in [6.07, 6.45) is 13.6. The minimum absolute atomic E-state index is 0.324. The van der Waals surface area contributed by atoms with Crippen molar-refractivity contribution in [2.45, 2.75) is 135 Å². The maximum atomic E-state index is 10.5. The monoisotopic (exact) mass is 462 g/mol. The van der Waals surface area contributed by atoms with Crippen molar-refractivity contribution in [2.24, 2.45) is 0 Å². The van der Waals surface area contributed by atoms with Gasteiger partial charge in [0.05, 0.1) is 0 Å². The molecule has 0 aromatic heterocycles. The molecule has 0 atom stereocenters. The first-order valence-corrected chi connectivity index (χ1v) is 21.1. The molecule has 0 rings (SSSR count). The zero-order chi connectivity index (χ0) is 22.4. The molecule has 0 aromatic rings. The second-order valence-corrected chi connectivity index (χ2v) is 22.8. The van der Waals surface area contributed by atoms with Crippen LogP contribution < -0.4 is 0 Å². The van der Waals surface area contributed by atoms with E-state index in [1.165, 1.54) is 69.9 Å². The van der Waals surface area contributed by atoms with Crippen LogP contribution in [0.3, 0.4) is 0 Å². The Hall–Kier alpha value is 0.0406. The number of carboxylic acids is 1. The molecule has 29 heavy (non-hydrogen) atoms. The average molecular weight is 463 g/mol. The summed E-state index contributed by atoms with van der Waals surface area (Å²) in [5.41, 5.74) is 0. The lowest BCUT2D eigenvalue weighted by Gasteiger charge is -2.38. The zero-order valence-corrected chi connectivity index (χ0v) is 23.6. The second-order valence-electron chi connectivity index (χ2n) is 10.3. The van der Waals surface area contributed by atoms with Gasteiger partial charge < -0.3 is 13.3 Å². The van der Waals surface area contributed by atoms with Crippen LogP contribution in [0.4, 0.5) is 0 Å². The number of rotatable bonds is 19. The van der Waals surface area contributed by atoms with E-state index in [4.69, 9.17) is 13.3 Å². The molecule has 0 aromatic carbocycles. The molecule has 0 aliphatic carbocycles. The van der Waals surface area contributed by atoms with Crippen molar-refractivity contribution in [1.82, 2.24) is 0 Å². The highest BCUT2D eigenvalue weighted by Gasteiger charge is 2.39. The first-order valence-electron chi connectivity index (χ1n) is 12.0. The van der Waals surface area contributed by atoms with Gasteiger partial charge in [-0.2, -0.15) is 0 Å². The van der Waals surface area contributed by atoms with Gasteiger partial charge in [-0.25, -0.2) is 0 Å². The van der Waals surface area contributed by atoms with Crippen LogP contribution in [0.15, 0.2) is 0 Å². The lowest BCUT2D eigenvalue weighted by molar-refractivity contribution is -0.137. The molecule has 0 amide bonds. The fourth-order valence-corrected chi connectivity index (χ4v) is 18.4. The number of unbranched alkanes of at least 4 members (excludes halogenated alkanes) is 9. The van der Waals surface area contributed by atoms with Gasteiger partial charge in [-0.1, -0.05) is 71.1 Å². The summed E-state index contributed by atoms with van der Waals surface area (Å²) < 4.78 is 13.3. The van der Waals surface area contributed by atoms with E-state index in [9.17, 15) is 4.79 Å². The predicted molar refractivity (Wildman–Crippen MR) is 133 cm³/mol. The molecule has 0 aliphatic heterocycles. The van der Waals surface area contributed by atoms with Gasteiger partial charge >= 0.3 is 14.5 Å². The van der Waals surface area contributed by atoms with E-state index in [2.05, 4.69) is 46.2 Å². The number of carboxylic acid groups (broad SMARTS) is 1. The maximum absolute atomic E-state index is 10.5. The zero-order valence-electron chi connectivity index (χ0n) is 20.6. The highest BCUT2D eigenvalue weighted by molar-refractivity contribution is 6.87. The Balaban J connectivity index is 3.90. The van der Waals surface area contributed by atoms with E-state index in [-0.39, 0.29) is 0 Å². The van der Waals surface area contributed by atoms with Crippen LogP contribution in [-0.4, -0.2) is 36.3 Å². The third kappa shape index (κ3) is 18.5. The largest absolute Gasteiger partial charge is 0.481 e. The first kappa shape index (κ1) is 29.0. The summed E-state index contributed by atoms with van der Waals surface area (Å²) in [6.45, 7) is 16.2. The number of hydrogen-bond donors (Lipinski definition) is 1. The summed E-state index contributed by atoms with van der Waals surface area (Å²) in [5.74, 6) is -0.666. The molecule has 0 unspecified atom stereocenters.